The molecule has 150 valence electrons. The molecule has 0 N–H and O–H groups in total. The van der Waals surface area contributed by atoms with Gasteiger partial charge in [-0.2, -0.15) is 0 Å². The average Bonchev–Trinajstić information content (AvgIpc) is 2.77. The highest BCUT2D eigenvalue weighted by Crippen LogP contribution is 2.32. The van der Waals surface area contributed by atoms with Gasteiger partial charge in [0.25, 0.3) is 5.91 Å². The summed E-state index contributed by atoms with van der Waals surface area (Å²) < 4.78 is 14.2. The predicted molar refractivity (Wildman–Crippen MR) is 115 cm³/mol. The number of aromatic nitrogens is 1. The van der Waals surface area contributed by atoms with E-state index < -0.39 is 0 Å². The molecule has 4 nitrogen and oxygen atoms in total. The fourth-order valence-corrected chi connectivity index (χ4v) is 4.07. The minimum atomic E-state index is -0.320. The highest BCUT2D eigenvalue weighted by atomic mass is 19.1. The lowest BCUT2D eigenvalue weighted by Crippen LogP contribution is -2.37. The van der Waals surface area contributed by atoms with Crippen molar-refractivity contribution in [3.63, 3.8) is 0 Å². The summed E-state index contributed by atoms with van der Waals surface area (Å²) in [4.78, 5) is 21.9. The smallest absolute Gasteiger partial charge is 0.257 e. The molecular formula is C24H26FN3O. The molecule has 2 aromatic carbocycles. The summed E-state index contributed by atoms with van der Waals surface area (Å²) in [7, 11) is 0. The quantitative estimate of drug-likeness (QED) is 0.612. The Morgan fingerprint density at radius 2 is 1.86 bits per heavy atom. The standard InChI is InChI=1S/C24H26FN3O/c1-2-27(17-18-9-5-3-6-10-18)23-20-15-19(25)11-12-22(20)26-16-21(23)24(29)28-13-7-4-8-14-28/h3,5-6,9-12,15-16H,2,4,7-8,13-14,17H2,1H3. The van der Waals surface area contributed by atoms with Gasteiger partial charge in [-0.1, -0.05) is 30.3 Å². The number of carbonyl (C=O) groups is 1. The molecule has 1 aromatic heterocycles. The van der Waals surface area contributed by atoms with E-state index in [1.54, 1.807) is 12.3 Å². The Labute approximate surface area is 171 Å². The Morgan fingerprint density at radius 3 is 2.59 bits per heavy atom. The Morgan fingerprint density at radius 1 is 1.10 bits per heavy atom. The third kappa shape index (κ3) is 4.09. The van der Waals surface area contributed by atoms with Gasteiger partial charge >= 0.3 is 0 Å². The maximum Gasteiger partial charge on any atom is 0.257 e. The van der Waals surface area contributed by atoms with Crippen molar-refractivity contribution in [2.45, 2.75) is 32.7 Å². The van der Waals surface area contributed by atoms with Gasteiger partial charge in [0.15, 0.2) is 0 Å². The van der Waals surface area contributed by atoms with E-state index in [2.05, 4.69) is 28.9 Å². The lowest BCUT2D eigenvalue weighted by atomic mass is 10.0. The largest absolute Gasteiger partial charge is 0.366 e. The third-order valence-corrected chi connectivity index (χ3v) is 5.59. The van der Waals surface area contributed by atoms with Gasteiger partial charge in [0.2, 0.25) is 0 Å². The molecule has 3 aromatic rings. The van der Waals surface area contributed by atoms with Gasteiger partial charge in [0, 0.05) is 37.8 Å². The molecule has 1 saturated heterocycles. The number of carbonyl (C=O) groups excluding carboxylic acids is 1. The highest BCUT2D eigenvalue weighted by molar-refractivity contribution is 6.07. The first-order chi connectivity index (χ1) is 14.2. The monoisotopic (exact) mass is 391 g/mol. The molecule has 0 saturated carbocycles. The molecule has 1 amide bonds. The van der Waals surface area contributed by atoms with Crippen LogP contribution in [0.4, 0.5) is 10.1 Å². The van der Waals surface area contributed by atoms with E-state index in [0.717, 1.165) is 43.6 Å². The molecule has 1 aliphatic rings. The van der Waals surface area contributed by atoms with Gasteiger partial charge in [0.1, 0.15) is 5.82 Å². The van der Waals surface area contributed by atoms with Crippen LogP contribution in [0.5, 0.6) is 0 Å². The first-order valence-electron chi connectivity index (χ1n) is 10.3. The topological polar surface area (TPSA) is 36.4 Å². The number of amides is 1. The van der Waals surface area contributed by atoms with Crippen LogP contribution in [0.3, 0.4) is 0 Å². The summed E-state index contributed by atoms with van der Waals surface area (Å²) in [5.74, 6) is -0.330. The molecule has 29 heavy (non-hydrogen) atoms. The van der Waals surface area contributed by atoms with E-state index in [9.17, 15) is 9.18 Å². The Balaban J connectivity index is 1.83. The van der Waals surface area contributed by atoms with Gasteiger partial charge in [-0.15, -0.1) is 0 Å². The van der Waals surface area contributed by atoms with E-state index in [-0.39, 0.29) is 11.7 Å². The maximum atomic E-state index is 14.2. The summed E-state index contributed by atoms with van der Waals surface area (Å²) in [6.45, 7) is 4.94. The van der Waals surface area contributed by atoms with Crippen molar-refractivity contribution in [3.8, 4) is 0 Å². The fraction of sp³-hybridized carbons (Fsp3) is 0.333. The average molecular weight is 391 g/mol. The fourth-order valence-electron chi connectivity index (χ4n) is 4.07. The molecule has 0 unspecified atom stereocenters. The minimum Gasteiger partial charge on any atom is -0.366 e. The maximum absolute atomic E-state index is 14.2. The Kier molecular flexibility index (Phi) is 5.74. The van der Waals surface area contributed by atoms with Crippen molar-refractivity contribution >= 4 is 22.5 Å². The number of benzene rings is 2. The van der Waals surface area contributed by atoms with Crippen LogP contribution < -0.4 is 4.90 Å². The van der Waals surface area contributed by atoms with Crippen molar-refractivity contribution < 1.29 is 9.18 Å². The molecule has 1 fully saturated rings. The Bertz CT molecular complexity index is 1000. The SMILES string of the molecule is CCN(Cc1ccccc1)c1c(C(=O)N2CCCCC2)cnc2ccc(F)cc12. The summed E-state index contributed by atoms with van der Waals surface area (Å²) in [6.07, 6.45) is 4.88. The zero-order valence-corrected chi connectivity index (χ0v) is 16.8. The Hall–Kier alpha value is -2.95. The van der Waals surface area contributed by atoms with Crippen LogP contribution in [0.25, 0.3) is 10.9 Å². The number of fused-ring (bicyclic) bond motifs is 1. The van der Waals surface area contributed by atoms with Gasteiger partial charge in [-0.05, 0) is 49.9 Å². The second kappa shape index (κ2) is 8.60. The third-order valence-electron chi connectivity index (χ3n) is 5.59. The van der Waals surface area contributed by atoms with Gasteiger partial charge in [0.05, 0.1) is 16.8 Å². The number of hydrogen-bond acceptors (Lipinski definition) is 3. The molecule has 0 atom stereocenters. The zero-order chi connectivity index (χ0) is 20.2. The molecule has 4 rings (SSSR count). The molecular weight excluding hydrogens is 365 g/mol. The van der Waals surface area contributed by atoms with E-state index in [4.69, 9.17) is 0 Å². The van der Waals surface area contributed by atoms with E-state index in [0.29, 0.717) is 29.6 Å². The lowest BCUT2D eigenvalue weighted by Gasteiger charge is -2.31. The summed E-state index contributed by atoms with van der Waals surface area (Å²) in [5.41, 5.74) is 3.18. The van der Waals surface area contributed by atoms with Crippen molar-refractivity contribution in [1.82, 2.24) is 9.88 Å². The molecule has 0 radical (unpaired) electrons. The molecule has 1 aliphatic heterocycles. The first kappa shape index (κ1) is 19.4. The van der Waals surface area contributed by atoms with Crippen LogP contribution in [0.15, 0.2) is 54.7 Å². The second-order valence-corrected chi connectivity index (χ2v) is 7.53. The van der Waals surface area contributed by atoms with E-state index in [1.165, 1.54) is 12.1 Å². The van der Waals surface area contributed by atoms with Crippen LogP contribution in [-0.2, 0) is 6.54 Å². The first-order valence-corrected chi connectivity index (χ1v) is 10.3. The van der Waals surface area contributed by atoms with Crippen LogP contribution >= 0.6 is 0 Å². The van der Waals surface area contributed by atoms with Crippen LogP contribution in [0, 0.1) is 5.82 Å². The summed E-state index contributed by atoms with van der Waals surface area (Å²) in [6, 6.07) is 14.7. The van der Waals surface area contributed by atoms with Crippen molar-refractivity contribution in [2.24, 2.45) is 0 Å². The second-order valence-electron chi connectivity index (χ2n) is 7.53. The molecule has 0 bridgehead atoms. The van der Waals surface area contributed by atoms with Gasteiger partial charge < -0.3 is 9.80 Å². The number of halogens is 1. The number of rotatable bonds is 5. The number of piperidine rings is 1. The predicted octanol–water partition coefficient (Wildman–Crippen LogP) is 5.03. The molecule has 5 heteroatoms. The summed E-state index contributed by atoms with van der Waals surface area (Å²) >= 11 is 0. The number of nitrogens with zero attached hydrogens (tertiary/aromatic N) is 3. The van der Waals surface area contributed by atoms with E-state index >= 15 is 0 Å². The van der Waals surface area contributed by atoms with Crippen molar-refractivity contribution in [3.05, 3.63) is 71.7 Å². The minimum absolute atomic E-state index is 0.00938. The number of pyridine rings is 1. The normalized spacial score (nSPS) is 14.2. The lowest BCUT2D eigenvalue weighted by molar-refractivity contribution is 0.0724. The number of hydrogen-bond donors (Lipinski definition) is 0. The number of anilines is 1. The van der Waals surface area contributed by atoms with E-state index in [1.807, 2.05) is 23.1 Å². The van der Waals surface area contributed by atoms with Crippen LogP contribution in [0.1, 0.15) is 42.1 Å². The summed E-state index contributed by atoms with van der Waals surface area (Å²) in [5, 5.41) is 0.686. The molecule has 0 spiro atoms. The molecule has 0 aliphatic carbocycles. The van der Waals surface area contributed by atoms with Crippen LogP contribution in [0.2, 0.25) is 0 Å². The zero-order valence-electron chi connectivity index (χ0n) is 16.8. The number of likely N-dealkylation sites (tertiary alicyclic amines) is 1. The van der Waals surface area contributed by atoms with Crippen LogP contribution in [-0.4, -0.2) is 35.4 Å². The van der Waals surface area contributed by atoms with Gasteiger partial charge in [-0.25, -0.2) is 4.39 Å². The van der Waals surface area contributed by atoms with Gasteiger partial charge in [-0.3, -0.25) is 9.78 Å². The van der Waals surface area contributed by atoms with Crippen molar-refractivity contribution in [1.29, 1.82) is 0 Å². The van der Waals surface area contributed by atoms with Crippen molar-refractivity contribution in [2.75, 3.05) is 24.5 Å². The highest BCUT2D eigenvalue weighted by Gasteiger charge is 2.25. The molecule has 2 heterocycles.